The number of aryl methyl sites for hydroxylation is 1. The van der Waals surface area contributed by atoms with Crippen LogP contribution >= 0.6 is 0 Å². The molecule has 0 aliphatic heterocycles. The van der Waals surface area contributed by atoms with Gasteiger partial charge in [-0.1, -0.05) is 18.6 Å². The van der Waals surface area contributed by atoms with Crippen LogP contribution in [0.3, 0.4) is 0 Å². The molecule has 0 aliphatic carbocycles. The molecule has 2 N–H and O–H groups in total. The van der Waals surface area contributed by atoms with E-state index in [0.29, 0.717) is 19.4 Å². The Morgan fingerprint density at radius 1 is 1.25 bits per heavy atom. The molecule has 0 amide bonds. The molecule has 2 rings (SSSR count). The predicted octanol–water partition coefficient (Wildman–Crippen LogP) is 2.69. The summed E-state index contributed by atoms with van der Waals surface area (Å²) in [6.07, 6.45) is 4.04. The summed E-state index contributed by atoms with van der Waals surface area (Å²) in [5, 5.41) is 0. The fourth-order valence-electron chi connectivity index (χ4n) is 2.52. The monoisotopic (exact) mass is 273 g/mol. The van der Waals surface area contributed by atoms with Crippen molar-refractivity contribution in [1.29, 1.82) is 0 Å². The maximum absolute atomic E-state index is 12.0. The fraction of sp³-hybridized carbons (Fsp3) is 0.500. The first-order valence-electron chi connectivity index (χ1n) is 7.42. The van der Waals surface area contributed by atoms with Crippen LogP contribution in [0, 0.1) is 0 Å². The zero-order chi connectivity index (χ0) is 14.4. The van der Waals surface area contributed by atoms with Crippen molar-refractivity contribution in [2.45, 2.75) is 45.6 Å². The Bertz CT molecular complexity index is 574. The number of fused-ring (bicyclic) bond motifs is 1. The molecule has 0 aliphatic rings. The lowest BCUT2D eigenvalue weighted by Gasteiger charge is -2.05. The number of nitrogens with two attached hydrogens (primary N) is 1. The Kier molecular flexibility index (Phi) is 5.30. The SMILES string of the molecule is CCn1c(CC(=O)CCCCCN)nc2ccccc21. The Labute approximate surface area is 120 Å². The second kappa shape index (κ2) is 7.20. The van der Waals surface area contributed by atoms with Gasteiger partial charge in [0.1, 0.15) is 11.6 Å². The van der Waals surface area contributed by atoms with Crippen LogP contribution in [0.5, 0.6) is 0 Å². The van der Waals surface area contributed by atoms with Gasteiger partial charge in [-0.05, 0) is 38.4 Å². The normalized spacial score (nSPS) is 11.1. The molecule has 0 atom stereocenters. The molecule has 2 aromatic rings. The molecule has 108 valence electrons. The summed E-state index contributed by atoms with van der Waals surface area (Å²) in [5.74, 6) is 1.16. The van der Waals surface area contributed by atoms with E-state index < -0.39 is 0 Å². The molecule has 4 heteroatoms. The third-order valence-electron chi connectivity index (χ3n) is 3.56. The number of nitrogens with zero attached hydrogens (tertiary/aromatic N) is 2. The van der Waals surface area contributed by atoms with E-state index >= 15 is 0 Å². The van der Waals surface area contributed by atoms with Gasteiger partial charge in [0.05, 0.1) is 17.5 Å². The lowest BCUT2D eigenvalue weighted by Crippen LogP contribution is -2.09. The second-order valence-corrected chi connectivity index (χ2v) is 5.08. The summed E-state index contributed by atoms with van der Waals surface area (Å²) < 4.78 is 2.13. The Balaban J connectivity index is 2.03. The fourth-order valence-corrected chi connectivity index (χ4v) is 2.52. The Morgan fingerprint density at radius 2 is 2.05 bits per heavy atom. The van der Waals surface area contributed by atoms with Crippen LogP contribution in [0.1, 0.15) is 38.4 Å². The van der Waals surface area contributed by atoms with Gasteiger partial charge >= 0.3 is 0 Å². The van der Waals surface area contributed by atoms with Crippen LogP contribution in [0.25, 0.3) is 11.0 Å². The van der Waals surface area contributed by atoms with Gasteiger partial charge in [-0.2, -0.15) is 0 Å². The number of hydrogen-bond acceptors (Lipinski definition) is 3. The summed E-state index contributed by atoms with van der Waals surface area (Å²) in [6, 6.07) is 8.04. The van der Waals surface area contributed by atoms with Crippen LogP contribution < -0.4 is 5.73 Å². The molecule has 0 saturated carbocycles. The largest absolute Gasteiger partial charge is 0.330 e. The average molecular weight is 273 g/mol. The first-order valence-corrected chi connectivity index (χ1v) is 7.42. The third kappa shape index (κ3) is 3.45. The molecule has 4 nitrogen and oxygen atoms in total. The lowest BCUT2D eigenvalue weighted by atomic mass is 10.1. The van der Waals surface area contributed by atoms with Gasteiger partial charge in [-0.3, -0.25) is 4.79 Å². The van der Waals surface area contributed by atoms with Gasteiger partial charge in [0, 0.05) is 13.0 Å². The van der Waals surface area contributed by atoms with Crippen molar-refractivity contribution in [2.24, 2.45) is 5.73 Å². The average Bonchev–Trinajstić information content (AvgIpc) is 2.80. The molecule has 0 saturated heterocycles. The zero-order valence-corrected chi connectivity index (χ0v) is 12.1. The van der Waals surface area contributed by atoms with E-state index in [2.05, 4.69) is 22.5 Å². The summed E-state index contributed by atoms with van der Waals surface area (Å²) in [7, 11) is 0. The van der Waals surface area contributed by atoms with Crippen molar-refractivity contribution in [3.8, 4) is 0 Å². The number of unbranched alkanes of at least 4 members (excludes halogenated alkanes) is 2. The van der Waals surface area contributed by atoms with Crippen molar-refractivity contribution >= 4 is 16.8 Å². The highest BCUT2D eigenvalue weighted by atomic mass is 16.1. The number of aromatic nitrogens is 2. The lowest BCUT2D eigenvalue weighted by molar-refractivity contribution is -0.118. The maximum Gasteiger partial charge on any atom is 0.140 e. The molecule has 0 fully saturated rings. The summed E-state index contributed by atoms with van der Waals surface area (Å²) in [5.41, 5.74) is 7.54. The smallest absolute Gasteiger partial charge is 0.140 e. The van der Waals surface area contributed by atoms with Gasteiger partial charge < -0.3 is 10.3 Å². The first-order chi connectivity index (χ1) is 9.76. The van der Waals surface area contributed by atoms with Crippen LogP contribution in [0.15, 0.2) is 24.3 Å². The van der Waals surface area contributed by atoms with Crippen LogP contribution in [-0.2, 0) is 17.8 Å². The Hall–Kier alpha value is -1.68. The molecule has 0 spiro atoms. The van der Waals surface area contributed by atoms with Crippen LogP contribution in [0.4, 0.5) is 0 Å². The number of Topliss-reactive ketones (excluding diaryl/α,β-unsaturated/α-hetero) is 1. The number of benzene rings is 1. The maximum atomic E-state index is 12.0. The van der Waals surface area contributed by atoms with Crippen molar-refractivity contribution in [2.75, 3.05) is 6.54 Å². The number of carbonyl (C=O) groups excluding carboxylic acids is 1. The van der Waals surface area contributed by atoms with E-state index in [-0.39, 0.29) is 5.78 Å². The first kappa shape index (κ1) is 14.7. The highest BCUT2D eigenvalue weighted by molar-refractivity contribution is 5.82. The number of rotatable bonds is 8. The summed E-state index contributed by atoms with van der Waals surface area (Å²) >= 11 is 0. The molecule has 1 aromatic heterocycles. The molecule has 0 bridgehead atoms. The summed E-state index contributed by atoms with van der Waals surface area (Å²) in [4.78, 5) is 16.6. The number of hydrogen-bond donors (Lipinski definition) is 1. The predicted molar refractivity (Wildman–Crippen MR) is 81.6 cm³/mol. The van der Waals surface area contributed by atoms with E-state index in [9.17, 15) is 4.79 Å². The van der Waals surface area contributed by atoms with Gasteiger partial charge in [-0.25, -0.2) is 4.98 Å². The van der Waals surface area contributed by atoms with Gasteiger partial charge in [-0.15, -0.1) is 0 Å². The number of ketones is 1. The minimum Gasteiger partial charge on any atom is -0.330 e. The van der Waals surface area contributed by atoms with E-state index in [4.69, 9.17) is 5.73 Å². The minimum atomic E-state index is 0.270. The molecule has 0 unspecified atom stereocenters. The van der Waals surface area contributed by atoms with Gasteiger partial charge in [0.2, 0.25) is 0 Å². The second-order valence-electron chi connectivity index (χ2n) is 5.08. The van der Waals surface area contributed by atoms with E-state index in [1.807, 2.05) is 18.2 Å². The topological polar surface area (TPSA) is 60.9 Å². The molecule has 1 aromatic carbocycles. The van der Waals surface area contributed by atoms with Crippen LogP contribution in [0.2, 0.25) is 0 Å². The number of imidazole rings is 1. The van der Waals surface area contributed by atoms with Crippen LogP contribution in [-0.4, -0.2) is 21.9 Å². The van der Waals surface area contributed by atoms with Crippen molar-refractivity contribution < 1.29 is 4.79 Å². The van der Waals surface area contributed by atoms with E-state index in [1.54, 1.807) is 0 Å². The molecule has 20 heavy (non-hydrogen) atoms. The molecule has 1 heterocycles. The summed E-state index contributed by atoms with van der Waals surface area (Å²) in [6.45, 7) is 3.64. The quantitative estimate of drug-likeness (QED) is 0.752. The number of carbonyl (C=O) groups is 1. The van der Waals surface area contributed by atoms with Crippen molar-refractivity contribution in [1.82, 2.24) is 9.55 Å². The third-order valence-corrected chi connectivity index (χ3v) is 3.56. The van der Waals surface area contributed by atoms with Gasteiger partial charge in [0.25, 0.3) is 0 Å². The highest BCUT2D eigenvalue weighted by Gasteiger charge is 2.12. The van der Waals surface area contributed by atoms with Crippen molar-refractivity contribution in [3.63, 3.8) is 0 Å². The highest BCUT2D eigenvalue weighted by Crippen LogP contribution is 2.17. The molecular formula is C16H23N3O. The van der Waals surface area contributed by atoms with E-state index in [0.717, 1.165) is 42.7 Å². The minimum absolute atomic E-state index is 0.270. The van der Waals surface area contributed by atoms with Gasteiger partial charge in [0.15, 0.2) is 0 Å². The Morgan fingerprint density at radius 3 is 2.80 bits per heavy atom. The van der Waals surface area contributed by atoms with Crippen molar-refractivity contribution in [3.05, 3.63) is 30.1 Å². The number of para-hydroxylation sites is 2. The molecular weight excluding hydrogens is 250 g/mol. The van der Waals surface area contributed by atoms with E-state index in [1.165, 1.54) is 0 Å². The molecule has 0 radical (unpaired) electrons. The zero-order valence-electron chi connectivity index (χ0n) is 12.1. The standard InChI is InChI=1S/C16H23N3O/c1-2-19-15-10-6-5-9-14(15)18-16(19)12-13(20)8-4-3-7-11-17/h5-6,9-10H,2-4,7-8,11-12,17H2,1H3.